The average Bonchev–Trinajstić information content (AvgIpc) is 2.97. The zero-order valence-electron chi connectivity index (χ0n) is 23.3. The summed E-state index contributed by atoms with van der Waals surface area (Å²) in [6.07, 6.45) is 6.19. The summed E-state index contributed by atoms with van der Waals surface area (Å²) < 4.78 is 1.05. The van der Waals surface area contributed by atoms with Gasteiger partial charge in [-0.15, -0.1) is 64.7 Å². The average molecular weight is 782 g/mol. The van der Waals surface area contributed by atoms with Gasteiger partial charge in [0.1, 0.15) is 0 Å². The first-order chi connectivity index (χ1) is 18.7. The van der Waals surface area contributed by atoms with Crippen LogP contribution in [-0.2, 0) is 30.9 Å². The molecule has 0 aliphatic heterocycles. The summed E-state index contributed by atoms with van der Waals surface area (Å²) in [5.74, 6) is 0. The van der Waals surface area contributed by atoms with Gasteiger partial charge in [0.25, 0.3) is 0 Å². The van der Waals surface area contributed by atoms with Crippen LogP contribution in [0.1, 0.15) is 59.1 Å². The van der Waals surface area contributed by atoms with E-state index in [2.05, 4.69) is 109 Å². The second kappa shape index (κ2) is 13.8. The Morgan fingerprint density at radius 2 is 1.34 bits per heavy atom. The minimum absolute atomic E-state index is 0. The topological polar surface area (TPSA) is 25.8 Å². The van der Waals surface area contributed by atoms with Crippen molar-refractivity contribution in [3.8, 4) is 33.6 Å². The van der Waals surface area contributed by atoms with Crippen molar-refractivity contribution in [2.75, 3.05) is 0 Å². The van der Waals surface area contributed by atoms with Crippen LogP contribution in [0.4, 0.5) is 0 Å². The molecule has 0 fully saturated rings. The summed E-state index contributed by atoms with van der Waals surface area (Å²) in [6, 6.07) is 37.5. The molecule has 1 radical (unpaired) electrons. The number of rotatable bonds is 3. The van der Waals surface area contributed by atoms with E-state index < -0.39 is 0 Å². The van der Waals surface area contributed by atoms with E-state index in [9.17, 15) is 0 Å². The van der Waals surface area contributed by atoms with Crippen molar-refractivity contribution in [1.29, 1.82) is 0 Å². The summed E-state index contributed by atoms with van der Waals surface area (Å²) in [7, 11) is 0. The Labute approximate surface area is 268 Å². The van der Waals surface area contributed by atoms with E-state index in [0.717, 1.165) is 32.6 Å². The molecule has 0 bridgehead atoms. The molecule has 0 spiro atoms. The van der Waals surface area contributed by atoms with Crippen LogP contribution in [0.3, 0.4) is 0 Å². The Hall–Kier alpha value is -2.91. The summed E-state index contributed by atoms with van der Waals surface area (Å²) in [6.45, 7) is 9.41. The quantitative estimate of drug-likeness (QED) is 0.170. The van der Waals surface area contributed by atoms with Gasteiger partial charge in [0.15, 0.2) is 0 Å². The van der Waals surface area contributed by atoms with Gasteiger partial charge in [-0.3, -0.25) is 0 Å². The molecular weight excluding hydrogens is 745 g/mol. The van der Waals surface area contributed by atoms with Crippen molar-refractivity contribution < 1.29 is 20.1 Å². The number of fused-ring (bicyclic) bond motifs is 1. The van der Waals surface area contributed by atoms with Gasteiger partial charge in [0, 0.05) is 32.5 Å². The zero-order chi connectivity index (χ0) is 27.5. The maximum Gasteiger partial charge on any atom is 0.0239 e. The van der Waals surface area contributed by atoms with Gasteiger partial charge in [0.2, 0.25) is 0 Å². The van der Waals surface area contributed by atoms with Crippen molar-refractivity contribution in [3.05, 3.63) is 131 Å². The van der Waals surface area contributed by atoms with E-state index in [1.165, 1.54) is 29.5 Å². The summed E-state index contributed by atoms with van der Waals surface area (Å²) in [5, 5.41) is 0. The van der Waals surface area contributed by atoms with E-state index in [-0.39, 0.29) is 38.4 Å². The monoisotopic (exact) mass is 781 g/mol. The fourth-order valence-electron chi connectivity index (χ4n) is 5.12. The number of pyridine rings is 2. The van der Waals surface area contributed by atoms with Crippen LogP contribution in [0, 0.1) is 12.1 Å². The molecule has 0 saturated heterocycles. The van der Waals surface area contributed by atoms with Gasteiger partial charge >= 0.3 is 0 Å². The molecule has 0 saturated carbocycles. The first-order valence-electron chi connectivity index (χ1n) is 13.4. The largest absolute Gasteiger partial charge is 0.305 e. The molecule has 2 nitrogen and oxygen atoms in total. The van der Waals surface area contributed by atoms with Gasteiger partial charge in [-0.1, -0.05) is 117 Å². The molecule has 5 aromatic rings. The van der Waals surface area contributed by atoms with Crippen LogP contribution >= 0.6 is 15.9 Å². The number of hydrogen-bond donors (Lipinski definition) is 0. The molecule has 2 aromatic heterocycles. The normalized spacial score (nSPS) is 14.3. The molecule has 6 rings (SSSR count). The van der Waals surface area contributed by atoms with Crippen molar-refractivity contribution >= 4 is 15.9 Å². The number of halogens is 1. The molecule has 2 heterocycles. The van der Waals surface area contributed by atoms with Crippen LogP contribution < -0.4 is 0 Å². The summed E-state index contributed by atoms with van der Waals surface area (Å²) in [4.78, 5) is 8.97. The Bertz CT molecular complexity index is 1550. The number of aromatic nitrogens is 2. The molecule has 213 valence electrons. The van der Waals surface area contributed by atoms with Gasteiger partial charge < -0.3 is 9.97 Å². The van der Waals surface area contributed by atoms with E-state index in [1.54, 1.807) is 6.20 Å². The minimum atomic E-state index is 0. The van der Waals surface area contributed by atoms with Crippen LogP contribution in [0.25, 0.3) is 33.6 Å². The molecule has 0 amide bonds. The fourth-order valence-corrected chi connectivity index (χ4v) is 5.48. The SMILES string of the molecule is Brc1cc[c-]c(-c2ccccn2)c1.C.CC1(C)CCC(C)(C)c2cc(-c3ccc(-c4ccccc4)cn3)[c-]cc21.[Ir]. The molecule has 4 heteroatoms. The maximum absolute atomic E-state index is 4.73. The van der Waals surface area contributed by atoms with E-state index in [4.69, 9.17) is 4.98 Å². The number of benzene rings is 3. The Morgan fingerprint density at radius 1 is 0.683 bits per heavy atom. The second-order valence-corrected chi connectivity index (χ2v) is 12.3. The Balaban J connectivity index is 0.000000262. The van der Waals surface area contributed by atoms with Gasteiger partial charge in [0.05, 0.1) is 0 Å². The molecular formula is C37H37BrIrN2-2. The standard InChI is InChI=1S/C25H26N.C11H7BrN.CH4.Ir/c1-24(2)14-15-25(3,4)22-16-19(10-12-21(22)24)23-13-11-20(17-26-23)18-8-6-5-7-9-18;12-10-5-3-4-9(8-10)11-6-1-2-7-13-11;;/h5-9,11-13,16-17H,14-15H2,1-4H3;1-3,5-8H;1H4;/q2*-1;;. The Morgan fingerprint density at radius 3 is 1.98 bits per heavy atom. The van der Waals surface area contributed by atoms with Gasteiger partial charge in [-0.25, -0.2) is 0 Å². The number of hydrogen-bond acceptors (Lipinski definition) is 2. The van der Waals surface area contributed by atoms with Crippen molar-refractivity contribution in [2.45, 2.75) is 58.8 Å². The third-order valence-electron chi connectivity index (χ3n) is 7.64. The Kier molecular flexibility index (Phi) is 11.0. The van der Waals surface area contributed by atoms with Crippen molar-refractivity contribution in [2.24, 2.45) is 0 Å². The number of nitrogens with zero attached hydrogens (tertiary/aromatic N) is 2. The molecule has 1 aliphatic carbocycles. The fraction of sp³-hybridized carbons (Fsp3) is 0.243. The minimum Gasteiger partial charge on any atom is -0.305 e. The van der Waals surface area contributed by atoms with Crippen LogP contribution in [-0.4, -0.2) is 9.97 Å². The second-order valence-electron chi connectivity index (χ2n) is 11.4. The molecule has 0 N–H and O–H groups in total. The van der Waals surface area contributed by atoms with E-state index >= 15 is 0 Å². The van der Waals surface area contributed by atoms with Crippen LogP contribution in [0.5, 0.6) is 0 Å². The predicted octanol–water partition coefficient (Wildman–Crippen LogP) is 10.5. The van der Waals surface area contributed by atoms with Crippen LogP contribution in [0.15, 0.2) is 108 Å². The first-order valence-corrected chi connectivity index (χ1v) is 14.2. The van der Waals surface area contributed by atoms with Crippen LogP contribution in [0.2, 0.25) is 0 Å². The molecule has 0 atom stereocenters. The van der Waals surface area contributed by atoms with Crippen molar-refractivity contribution in [3.63, 3.8) is 0 Å². The maximum atomic E-state index is 4.73. The van der Waals surface area contributed by atoms with E-state index in [1.807, 2.05) is 48.7 Å². The zero-order valence-corrected chi connectivity index (χ0v) is 27.3. The predicted molar refractivity (Wildman–Crippen MR) is 172 cm³/mol. The molecule has 3 aromatic carbocycles. The van der Waals surface area contributed by atoms with E-state index in [0.29, 0.717) is 0 Å². The smallest absolute Gasteiger partial charge is 0.0239 e. The third-order valence-corrected chi connectivity index (χ3v) is 8.13. The van der Waals surface area contributed by atoms with Gasteiger partial charge in [-0.2, -0.15) is 0 Å². The molecule has 0 unspecified atom stereocenters. The van der Waals surface area contributed by atoms with Gasteiger partial charge in [-0.05, 0) is 45.8 Å². The summed E-state index contributed by atoms with van der Waals surface area (Å²) >= 11 is 3.41. The van der Waals surface area contributed by atoms with Crippen molar-refractivity contribution in [1.82, 2.24) is 9.97 Å². The molecule has 1 aliphatic rings. The summed E-state index contributed by atoms with van der Waals surface area (Å²) in [5.41, 5.74) is 9.72. The first kappa shape index (κ1) is 32.6. The molecule has 41 heavy (non-hydrogen) atoms. The third kappa shape index (κ3) is 7.68.